The van der Waals surface area contributed by atoms with Crippen molar-refractivity contribution in [3.63, 3.8) is 0 Å². The fourth-order valence-corrected chi connectivity index (χ4v) is 3.14. The van der Waals surface area contributed by atoms with Gasteiger partial charge < -0.3 is 13.9 Å². The average Bonchev–Trinajstić information content (AvgIpc) is 3.18. The third-order valence-corrected chi connectivity index (χ3v) is 4.67. The van der Waals surface area contributed by atoms with E-state index in [1.165, 1.54) is 24.3 Å². The van der Waals surface area contributed by atoms with E-state index in [1.54, 1.807) is 25.1 Å². The van der Waals surface area contributed by atoms with E-state index in [-0.39, 0.29) is 24.2 Å². The first-order valence-electron chi connectivity index (χ1n) is 8.70. The van der Waals surface area contributed by atoms with Crippen molar-refractivity contribution in [2.45, 2.75) is 19.4 Å². The largest absolute Gasteiger partial charge is 0.492 e. The van der Waals surface area contributed by atoms with Crippen LogP contribution in [0.1, 0.15) is 24.5 Å². The summed E-state index contributed by atoms with van der Waals surface area (Å²) in [7, 11) is 0. The van der Waals surface area contributed by atoms with Crippen LogP contribution in [0.4, 0.5) is 4.39 Å². The quantitative estimate of drug-likeness (QED) is 0.603. The van der Waals surface area contributed by atoms with Crippen molar-refractivity contribution >= 4 is 17.6 Å². The maximum Gasteiger partial charge on any atom is 0.313 e. The predicted octanol–water partition coefficient (Wildman–Crippen LogP) is 4.38. The van der Waals surface area contributed by atoms with Gasteiger partial charge in [0.1, 0.15) is 18.2 Å². The molecule has 6 nitrogen and oxygen atoms in total. The molecule has 0 unspecified atom stereocenters. The molecule has 0 N–H and O–H groups in total. The summed E-state index contributed by atoms with van der Waals surface area (Å²) in [6.45, 7) is 1.87. The number of hydrogen-bond acceptors (Lipinski definition) is 6. The molecule has 1 aliphatic heterocycles. The minimum atomic E-state index is -0.727. The minimum absolute atomic E-state index is 0.160. The summed E-state index contributed by atoms with van der Waals surface area (Å²) < 4.78 is 29.7. The van der Waals surface area contributed by atoms with Crippen LogP contribution in [0.3, 0.4) is 0 Å². The van der Waals surface area contributed by atoms with Gasteiger partial charge in [-0.1, -0.05) is 11.6 Å². The van der Waals surface area contributed by atoms with Gasteiger partial charge in [-0.25, -0.2) is 4.39 Å². The number of fused-ring (bicyclic) bond motifs is 1. The van der Waals surface area contributed by atoms with Gasteiger partial charge in [0.25, 0.3) is 5.89 Å². The number of nitrogens with zero attached hydrogens (tertiary/aromatic N) is 2. The smallest absolute Gasteiger partial charge is 0.313 e. The summed E-state index contributed by atoms with van der Waals surface area (Å²) in [5.74, 6) is -0.117. The number of aromatic nitrogens is 2. The van der Waals surface area contributed by atoms with Crippen LogP contribution >= 0.6 is 11.6 Å². The zero-order valence-electron chi connectivity index (χ0n) is 14.9. The minimum Gasteiger partial charge on any atom is -0.492 e. The SMILES string of the molecule is C[C@@H](OC(=O)[C@@H]1COc2ccc(Cl)cc2C1)c1nnc(-c2ccc(F)cc2)o1. The molecular weight excluding hydrogens is 387 g/mol. The van der Waals surface area contributed by atoms with Crippen LogP contribution in [0.15, 0.2) is 46.9 Å². The first kappa shape index (κ1) is 18.4. The van der Waals surface area contributed by atoms with Gasteiger partial charge in [0.2, 0.25) is 5.89 Å². The van der Waals surface area contributed by atoms with Gasteiger partial charge in [-0.2, -0.15) is 0 Å². The summed E-state index contributed by atoms with van der Waals surface area (Å²) in [6, 6.07) is 11.0. The maximum atomic E-state index is 13.0. The number of ether oxygens (including phenoxy) is 2. The van der Waals surface area contributed by atoms with Crippen molar-refractivity contribution in [3.8, 4) is 17.2 Å². The van der Waals surface area contributed by atoms with Gasteiger partial charge >= 0.3 is 5.97 Å². The highest BCUT2D eigenvalue weighted by Gasteiger charge is 2.30. The van der Waals surface area contributed by atoms with Gasteiger partial charge in [-0.15, -0.1) is 10.2 Å². The second kappa shape index (κ2) is 7.59. The van der Waals surface area contributed by atoms with E-state index < -0.39 is 18.0 Å². The molecule has 2 aromatic carbocycles. The molecule has 2 atom stereocenters. The van der Waals surface area contributed by atoms with Crippen LogP contribution in [0, 0.1) is 11.7 Å². The molecule has 2 heterocycles. The van der Waals surface area contributed by atoms with E-state index in [4.69, 9.17) is 25.5 Å². The second-order valence-electron chi connectivity index (χ2n) is 6.50. The van der Waals surface area contributed by atoms with Crippen molar-refractivity contribution in [1.82, 2.24) is 10.2 Å². The maximum absolute atomic E-state index is 13.0. The van der Waals surface area contributed by atoms with Gasteiger partial charge in [-0.05, 0) is 61.4 Å². The Morgan fingerprint density at radius 2 is 2.04 bits per heavy atom. The van der Waals surface area contributed by atoms with Crippen LogP contribution in [-0.4, -0.2) is 22.8 Å². The molecule has 144 valence electrons. The molecule has 4 rings (SSSR count). The Morgan fingerprint density at radius 3 is 2.82 bits per heavy atom. The summed E-state index contributed by atoms with van der Waals surface area (Å²) in [4.78, 5) is 12.5. The van der Waals surface area contributed by atoms with Crippen LogP contribution in [-0.2, 0) is 16.0 Å². The normalized spacial score (nSPS) is 16.8. The monoisotopic (exact) mass is 402 g/mol. The third-order valence-electron chi connectivity index (χ3n) is 4.43. The molecule has 0 fully saturated rings. The van der Waals surface area contributed by atoms with Gasteiger partial charge in [0.05, 0.1) is 5.92 Å². The van der Waals surface area contributed by atoms with Crippen LogP contribution in [0.2, 0.25) is 5.02 Å². The molecule has 1 aliphatic rings. The van der Waals surface area contributed by atoms with Crippen LogP contribution in [0.25, 0.3) is 11.5 Å². The Hall–Kier alpha value is -2.93. The van der Waals surface area contributed by atoms with Crippen molar-refractivity contribution in [1.29, 1.82) is 0 Å². The van der Waals surface area contributed by atoms with E-state index in [9.17, 15) is 9.18 Å². The number of esters is 1. The number of halogens is 2. The predicted molar refractivity (Wildman–Crippen MR) is 98.3 cm³/mol. The van der Waals surface area contributed by atoms with Crippen molar-refractivity contribution < 1.29 is 23.1 Å². The van der Waals surface area contributed by atoms with E-state index in [0.29, 0.717) is 17.0 Å². The number of carbonyl (C=O) groups excluding carboxylic acids is 1. The van der Waals surface area contributed by atoms with Crippen molar-refractivity contribution in [2.75, 3.05) is 6.61 Å². The molecule has 0 saturated carbocycles. The summed E-state index contributed by atoms with van der Waals surface area (Å²) in [5, 5.41) is 8.44. The van der Waals surface area contributed by atoms with E-state index >= 15 is 0 Å². The molecule has 1 aromatic heterocycles. The number of rotatable bonds is 4. The van der Waals surface area contributed by atoms with E-state index in [2.05, 4.69) is 10.2 Å². The lowest BCUT2D eigenvalue weighted by atomic mass is 9.97. The molecule has 0 aliphatic carbocycles. The third kappa shape index (κ3) is 3.84. The Bertz CT molecular complexity index is 1010. The summed E-state index contributed by atoms with van der Waals surface area (Å²) in [5.41, 5.74) is 1.44. The lowest BCUT2D eigenvalue weighted by Gasteiger charge is -2.24. The number of hydrogen-bond donors (Lipinski definition) is 0. The first-order chi connectivity index (χ1) is 13.5. The molecule has 8 heteroatoms. The zero-order chi connectivity index (χ0) is 19.7. The Morgan fingerprint density at radius 1 is 1.25 bits per heavy atom. The fourth-order valence-electron chi connectivity index (χ4n) is 2.94. The summed E-state index contributed by atoms with van der Waals surface area (Å²) in [6.07, 6.45) is -0.249. The molecule has 3 aromatic rings. The average molecular weight is 403 g/mol. The van der Waals surface area contributed by atoms with E-state index in [0.717, 1.165) is 11.3 Å². The van der Waals surface area contributed by atoms with Gasteiger partial charge in [0.15, 0.2) is 6.10 Å². The molecule has 28 heavy (non-hydrogen) atoms. The molecule has 0 bridgehead atoms. The number of benzene rings is 2. The highest BCUT2D eigenvalue weighted by Crippen LogP contribution is 2.31. The molecule has 0 saturated heterocycles. The lowest BCUT2D eigenvalue weighted by Crippen LogP contribution is -2.30. The highest BCUT2D eigenvalue weighted by atomic mass is 35.5. The first-order valence-corrected chi connectivity index (χ1v) is 9.08. The number of carbonyl (C=O) groups is 1. The van der Waals surface area contributed by atoms with Crippen molar-refractivity contribution in [2.24, 2.45) is 5.92 Å². The van der Waals surface area contributed by atoms with Crippen LogP contribution in [0.5, 0.6) is 5.75 Å². The van der Waals surface area contributed by atoms with Crippen molar-refractivity contribution in [3.05, 3.63) is 64.8 Å². The van der Waals surface area contributed by atoms with E-state index in [1.807, 2.05) is 0 Å². The topological polar surface area (TPSA) is 74.5 Å². The van der Waals surface area contributed by atoms with Gasteiger partial charge in [-0.3, -0.25) is 4.79 Å². The fraction of sp³-hybridized carbons (Fsp3) is 0.250. The Balaban J connectivity index is 1.42. The lowest BCUT2D eigenvalue weighted by molar-refractivity contribution is -0.156. The summed E-state index contributed by atoms with van der Waals surface area (Å²) >= 11 is 6.01. The standard InChI is InChI=1S/C20H16ClFN2O4/c1-11(18-23-24-19(28-18)12-2-5-16(22)6-3-12)27-20(25)14-8-13-9-15(21)4-7-17(13)26-10-14/h2-7,9,11,14H,8,10H2,1H3/t11-,14+/m1/s1. The molecular formula is C20H16ClFN2O4. The molecule has 0 radical (unpaired) electrons. The van der Waals surface area contributed by atoms with Crippen LogP contribution < -0.4 is 4.74 Å². The zero-order valence-corrected chi connectivity index (χ0v) is 15.6. The molecule has 0 amide bonds. The Labute approximate surface area is 165 Å². The Kier molecular flexibility index (Phi) is 5.00. The highest BCUT2D eigenvalue weighted by molar-refractivity contribution is 6.30. The second-order valence-corrected chi connectivity index (χ2v) is 6.93. The van der Waals surface area contributed by atoms with Gasteiger partial charge in [0, 0.05) is 10.6 Å². The molecule has 0 spiro atoms.